The average Bonchev–Trinajstić information content (AvgIpc) is 3.06. The van der Waals surface area contributed by atoms with Crippen molar-refractivity contribution < 1.29 is 4.79 Å². The van der Waals surface area contributed by atoms with Gasteiger partial charge in [-0.2, -0.15) is 9.61 Å². The zero-order valence-corrected chi connectivity index (χ0v) is 11.8. The van der Waals surface area contributed by atoms with Crippen molar-refractivity contribution >= 4 is 17.9 Å². The van der Waals surface area contributed by atoms with Crippen LogP contribution in [0.4, 0.5) is 5.82 Å². The topological polar surface area (TPSA) is 71.3 Å². The summed E-state index contributed by atoms with van der Waals surface area (Å²) in [6, 6.07) is 4.75. The van der Waals surface area contributed by atoms with Crippen LogP contribution in [-0.4, -0.2) is 33.1 Å². The normalized spacial score (nSPS) is 25.1. The van der Waals surface area contributed by atoms with Crippen molar-refractivity contribution in [3.8, 4) is 0 Å². The second kappa shape index (κ2) is 5.02. The summed E-state index contributed by atoms with van der Waals surface area (Å²) in [5.74, 6) is 1.64. The molecule has 2 saturated carbocycles. The Bertz CT molecular complexity index is 663. The molecule has 6 nitrogen and oxygen atoms in total. The minimum absolute atomic E-state index is 0.290. The highest BCUT2D eigenvalue weighted by atomic mass is 16.1. The molecular weight excluding hydrogens is 266 g/mol. The predicted octanol–water partition coefficient (Wildman–Crippen LogP) is 1.69. The molecule has 2 aromatic heterocycles. The second-order valence-corrected chi connectivity index (χ2v) is 6.08. The van der Waals surface area contributed by atoms with Gasteiger partial charge in [-0.05, 0) is 32.1 Å². The fraction of sp³-hybridized carbons (Fsp3) is 0.533. The first-order valence-corrected chi connectivity index (χ1v) is 7.64. The molecule has 2 heterocycles. The molecule has 2 atom stereocenters. The summed E-state index contributed by atoms with van der Waals surface area (Å²) in [5, 5.41) is 10.8. The van der Waals surface area contributed by atoms with Crippen LogP contribution in [0.25, 0.3) is 5.65 Å². The van der Waals surface area contributed by atoms with Gasteiger partial charge in [0.15, 0.2) is 5.65 Å². The summed E-state index contributed by atoms with van der Waals surface area (Å²) in [7, 11) is 0. The summed E-state index contributed by atoms with van der Waals surface area (Å²) < 4.78 is 1.87. The summed E-state index contributed by atoms with van der Waals surface area (Å²) in [4.78, 5) is 15.2. The monoisotopic (exact) mass is 285 g/mol. The van der Waals surface area contributed by atoms with E-state index in [-0.39, 0.29) is 6.04 Å². The Labute approximate surface area is 122 Å². The van der Waals surface area contributed by atoms with Gasteiger partial charge in [0.05, 0.1) is 6.20 Å². The molecule has 0 spiro atoms. The number of nitrogens with one attached hydrogen (secondary N) is 2. The molecule has 4 rings (SSSR count). The number of hydrogen-bond donors (Lipinski definition) is 2. The molecule has 0 unspecified atom stereocenters. The molecule has 6 heteroatoms. The van der Waals surface area contributed by atoms with Crippen LogP contribution in [0.3, 0.4) is 0 Å². The van der Waals surface area contributed by atoms with Crippen LogP contribution in [0, 0.1) is 0 Å². The SMILES string of the molecule is O=CN[C@@H]1CC[C@@H](Nc2cc(C3CC3)nc3ccnn23)C1. The van der Waals surface area contributed by atoms with E-state index in [2.05, 4.69) is 26.8 Å². The van der Waals surface area contributed by atoms with Crippen LogP contribution in [0.15, 0.2) is 18.3 Å². The maximum atomic E-state index is 10.5. The van der Waals surface area contributed by atoms with E-state index in [0.29, 0.717) is 12.0 Å². The van der Waals surface area contributed by atoms with Gasteiger partial charge in [0.25, 0.3) is 0 Å². The molecule has 0 bridgehead atoms. The molecule has 0 saturated heterocycles. The largest absolute Gasteiger partial charge is 0.367 e. The summed E-state index contributed by atoms with van der Waals surface area (Å²) in [6.45, 7) is 0. The van der Waals surface area contributed by atoms with Gasteiger partial charge in [-0.15, -0.1) is 0 Å². The Morgan fingerprint density at radius 2 is 2.10 bits per heavy atom. The number of hydrogen-bond acceptors (Lipinski definition) is 4. The standard InChI is InChI=1S/C15H19N5O/c21-9-16-11-3-4-12(7-11)18-15-8-13(10-1-2-10)19-14-5-6-17-20(14)15/h5-6,8-12,18H,1-4,7H2,(H,16,21)/t11-,12-/m1/s1. The molecule has 2 aromatic rings. The molecule has 1 amide bonds. The number of amides is 1. The van der Waals surface area contributed by atoms with Gasteiger partial charge in [0, 0.05) is 35.8 Å². The van der Waals surface area contributed by atoms with Gasteiger partial charge in [0.1, 0.15) is 5.82 Å². The van der Waals surface area contributed by atoms with E-state index in [4.69, 9.17) is 0 Å². The lowest BCUT2D eigenvalue weighted by molar-refractivity contribution is -0.110. The Kier molecular flexibility index (Phi) is 3.02. The van der Waals surface area contributed by atoms with Gasteiger partial charge in [-0.3, -0.25) is 4.79 Å². The molecular formula is C15H19N5O. The number of carbonyl (C=O) groups is 1. The smallest absolute Gasteiger partial charge is 0.207 e. The zero-order chi connectivity index (χ0) is 14.2. The number of carbonyl (C=O) groups excluding carboxylic acids is 1. The van der Waals surface area contributed by atoms with Gasteiger partial charge in [-0.25, -0.2) is 4.98 Å². The van der Waals surface area contributed by atoms with E-state index >= 15 is 0 Å². The highest BCUT2D eigenvalue weighted by molar-refractivity contribution is 5.51. The predicted molar refractivity (Wildman–Crippen MR) is 79.2 cm³/mol. The molecule has 2 fully saturated rings. The Hall–Kier alpha value is -2.11. The molecule has 21 heavy (non-hydrogen) atoms. The maximum Gasteiger partial charge on any atom is 0.207 e. The van der Waals surface area contributed by atoms with E-state index < -0.39 is 0 Å². The van der Waals surface area contributed by atoms with E-state index in [1.54, 1.807) is 6.20 Å². The highest BCUT2D eigenvalue weighted by Crippen LogP contribution is 2.40. The van der Waals surface area contributed by atoms with Crippen molar-refractivity contribution in [2.45, 2.75) is 50.1 Å². The first-order valence-electron chi connectivity index (χ1n) is 7.64. The van der Waals surface area contributed by atoms with Crippen LogP contribution in [0.1, 0.15) is 43.7 Å². The summed E-state index contributed by atoms with van der Waals surface area (Å²) >= 11 is 0. The van der Waals surface area contributed by atoms with E-state index in [1.165, 1.54) is 18.5 Å². The number of nitrogens with zero attached hydrogens (tertiary/aromatic N) is 3. The Morgan fingerprint density at radius 1 is 1.24 bits per heavy atom. The first-order chi connectivity index (χ1) is 10.3. The maximum absolute atomic E-state index is 10.5. The third-order valence-electron chi connectivity index (χ3n) is 4.46. The lowest BCUT2D eigenvalue weighted by Gasteiger charge is -2.16. The molecule has 2 aliphatic carbocycles. The minimum Gasteiger partial charge on any atom is -0.367 e. The number of fused-ring (bicyclic) bond motifs is 1. The number of rotatable bonds is 5. The van der Waals surface area contributed by atoms with Crippen molar-refractivity contribution in [3.63, 3.8) is 0 Å². The lowest BCUT2D eigenvalue weighted by atomic mass is 10.2. The number of aromatic nitrogens is 3. The fourth-order valence-corrected chi connectivity index (χ4v) is 3.19. The van der Waals surface area contributed by atoms with Crippen molar-refractivity contribution in [1.82, 2.24) is 19.9 Å². The van der Waals surface area contributed by atoms with Crippen LogP contribution in [0.2, 0.25) is 0 Å². The Balaban J connectivity index is 1.58. The van der Waals surface area contributed by atoms with Gasteiger partial charge in [0.2, 0.25) is 6.41 Å². The van der Waals surface area contributed by atoms with E-state index in [0.717, 1.165) is 37.1 Å². The van der Waals surface area contributed by atoms with Crippen molar-refractivity contribution in [2.75, 3.05) is 5.32 Å². The minimum atomic E-state index is 0.290. The molecule has 0 radical (unpaired) electrons. The third-order valence-corrected chi connectivity index (χ3v) is 4.46. The molecule has 2 N–H and O–H groups in total. The summed E-state index contributed by atoms with van der Waals surface area (Å²) in [5.41, 5.74) is 2.08. The van der Waals surface area contributed by atoms with Crippen molar-refractivity contribution in [2.24, 2.45) is 0 Å². The van der Waals surface area contributed by atoms with Crippen LogP contribution in [-0.2, 0) is 4.79 Å². The lowest BCUT2D eigenvalue weighted by Crippen LogP contribution is -2.27. The Morgan fingerprint density at radius 3 is 2.90 bits per heavy atom. The molecule has 0 aromatic carbocycles. The van der Waals surface area contributed by atoms with Crippen LogP contribution < -0.4 is 10.6 Å². The molecule has 2 aliphatic rings. The van der Waals surface area contributed by atoms with Gasteiger partial charge >= 0.3 is 0 Å². The first kappa shape index (κ1) is 12.6. The molecule has 110 valence electrons. The zero-order valence-electron chi connectivity index (χ0n) is 11.8. The average molecular weight is 285 g/mol. The fourth-order valence-electron chi connectivity index (χ4n) is 3.19. The highest BCUT2D eigenvalue weighted by Gasteiger charge is 2.28. The number of anilines is 1. The van der Waals surface area contributed by atoms with E-state index in [1.807, 2.05) is 10.6 Å². The van der Waals surface area contributed by atoms with Crippen molar-refractivity contribution in [1.29, 1.82) is 0 Å². The quantitative estimate of drug-likeness (QED) is 0.820. The van der Waals surface area contributed by atoms with Crippen molar-refractivity contribution in [3.05, 3.63) is 24.0 Å². The second-order valence-electron chi connectivity index (χ2n) is 6.08. The van der Waals surface area contributed by atoms with Gasteiger partial charge in [-0.1, -0.05) is 0 Å². The van der Waals surface area contributed by atoms with Crippen LogP contribution in [0.5, 0.6) is 0 Å². The van der Waals surface area contributed by atoms with E-state index in [9.17, 15) is 4.79 Å². The van der Waals surface area contributed by atoms with Crippen LogP contribution >= 0.6 is 0 Å². The van der Waals surface area contributed by atoms with Gasteiger partial charge < -0.3 is 10.6 Å². The molecule has 0 aliphatic heterocycles. The summed E-state index contributed by atoms with van der Waals surface area (Å²) in [6.07, 6.45) is 8.13. The third kappa shape index (κ3) is 2.46.